The van der Waals surface area contributed by atoms with Gasteiger partial charge in [-0.15, -0.1) is 0 Å². The van der Waals surface area contributed by atoms with E-state index in [0.717, 1.165) is 6.42 Å². The van der Waals surface area contributed by atoms with Crippen molar-refractivity contribution in [3.05, 3.63) is 34.9 Å². The third-order valence-electron chi connectivity index (χ3n) is 3.14. The number of hydrogen-bond donors (Lipinski definition) is 1. The van der Waals surface area contributed by atoms with Crippen LogP contribution in [0.4, 0.5) is 0 Å². The van der Waals surface area contributed by atoms with Crippen LogP contribution in [0.15, 0.2) is 18.2 Å². The standard InChI is InChI=1S/C13H19N/c1-4-11-5-6-13-10(3)14-9(2)7-12(13)8-11/h5-6,8-10,14H,4,7H2,1-3H3. The third kappa shape index (κ3) is 1.69. The van der Waals surface area contributed by atoms with E-state index in [-0.39, 0.29) is 0 Å². The maximum Gasteiger partial charge on any atom is 0.0297 e. The lowest BCUT2D eigenvalue weighted by Crippen LogP contribution is -2.35. The first-order chi connectivity index (χ1) is 6.70. The van der Waals surface area contributed by atoms with E-state index in [1.165, 1.54) is 17.5 Å². The Morgan fingerprint density at radius 2 is 2.14 bits per heavy atom. The third-order valence-corrected chi connectivity index (χ3v) is 3.14. The summed E-state index contributed by atoms with van der Waals surface area (Å²) >= 11 is 0. The lowest BCUT2D eigenvalue weighted by molar-refractivity contribution is 0.445. The van der Waals surface area contributed by atoms with Crippen molar-refractivity contribution >= 4 is 0 Å². The topological polar surface area (TPSA) is 12.0 Å². The Hall–Kier alpha value is -0.820. The molecule has 1 aliphatic rings. The molecule has 0 amide bonds. The van der Waals surface area contributed by atoms with E-state index >= 15 is 0 Å². The van der Waals surface area contributed by atoms with Crippen molar-refractivity contribution in [2.24, 2.45) is 0 Å². The molecule has 0 fully saturated rings. The Labute approximate surface area is 86.5 Å². The molecule has 1 heteroatoms. The zero-order chi connectivity index (χ0) is 10.1. The van der Waals surface area contributed by atoms with Gasteiger partial charge < -0.3 is 5.32 Å². The Kier molecular flexibility index (Phi) is 2.60. The van der Waals surface area contributed by atoms with Gasteiger partial charge in [0, 0.05) is 12.1 Å². The summed E-state index contributed by atoms with van der Waals surface area (Å²) in [5, 5.41) is 3.57. The zero-order valence-electron chi connectivity index (χ0n) is 9.30. The number of nitrogens with one attached hydrogen (secondary N) is 1. The number of rotatable bonds is 1. The molecule has 0 radical (unpaired) electrons. The molecule has 1 aromatic carbocycles. The smallest absolute Gasteiger partial charge is 0.0297 e. The molecular formula is C13H19N. The monoisotopic (exact) mass is 189 g/mol. The molecule has 1 nitrogen and oxygen atoms in total. The second-order valence-corrected chi connectivity index (χ2v) is 4.38. The number of fused-ring (bicyclic) bond motifs is 1. The molecule has 0 spiro atoms. The molecule has 1 heterocycles. The molecule has 1 aliphatic heterocycles. The minimum atomic E-state index is 0.514. The Morgan fingerprint density at radius 1 is 1.36 bits per heavy atom. The van der Waals surface area contributed by atoms with Gasteiger partial charge in [-0.05, 0) is 43.4 Å². The van der Waals surface area contributed by atoms with Crippen LogP contribution in [0.3, 0.4) is 0 Å². The molecule has 1 N–H and O–H groups in total. The molecule has 0 bridgehead atoms. The van der Waals surface area contributed by atoms with Gasteiger partial charge in [0.2, 0.25) is 0 Å². The molecule has 0 saturated heterocycles. The van der Waals surface area contributed by atoms with Crippen LogP contribution in [-0.4, -0.2) is 6.04 Å². The molecule has 0 aliphatic carbocycles. The van der Waals surface area contributed by atoms with E-state index in [0.29, 0.717) is 12.1 Å². The van der Waals surface area contributed by atoms with E-state index in [9.17, 15) is 0 Å². The molecule has 2 unspecified atom stereocenters. The normalized spacial score (nSPS) is 25.9. The summed E-state index contributed by atoms with van der Waals surface area (Å²) in [5.74, 6) is 0. The highest BCUT2D eigenvalue weighted by Crippen LogP contribution is 2.25. The first kappa shape index (κ1) is 9.72. The van der Waals surface area contributed by atoms with E-state index in [2.05, 4.69) is 44.3 Å². The highest BCUT2D eigenvalue weighted by molar-refractivity contribution is 5.36. The second kappa shape index (κ2) is 3.74. The van der Waals surface area contributed by atoms with Gasteiger partial charge in [0.1, 0.15) is 0 Å². The molecule has 2 atom stereocenters. The van der Waals surface area contributed by atoms with Crippen LogP contribution in [0.25, 0.3) is 0 Å². The fraction of sp³-hybridized carbons (Fsp3) is 0.538. The van der Waals surface area contributed by atoms with Crippen LogP contribution < -0.4 is 5.32 Å². The minimum absolute atomic E-state index is 0.514. The predicted molar refractivity (Wildman–Crippen MR) is 60.5 cm³/mol. The first-order valence-corrected chi connectivity index (χ1v) is 5.58. The van der Waals surface area contributed by atoms with E-state index in [1.54, 1.807) is 5.56 Å². The molecule has 1 aromatic rings. The van der Waals surface area contributed by atoms with Gasteiger partial charge in [-0.2, -0.15) is 0 Å². The fourth-order valence-electron chi connectivity index (χ4n) is 2.38. The van der Waals surface area contributed by atoms with Crippen LogP contribution >= 0.6 is 0 Å². The molecular weight excluding hydrogens is 170 g/mol. The van der Waals surface area contributed by atoms with Gasteiger partial charge in [-0.3, -0.25) is 0 Å². The summed E-state index contributed by atoms with van der Waals surface area (Å²) in [7, 11) is 0. The van der Waals surface area contributed by atoms with E-state index in [1.807, 2.05) is 0 Å². The number of aryl methyl sites for hydroxylation is 1. The van der Waals surface area contributed by atoms with Gasteiger partial charge in [-0.1, -0.05) is 25.1 Å². The average Bonchev–Trinajstić information content (AvgIpc) is 2.16. The SMILES string of the molecule is CCc1ccc2c(c1)CC(C)NC2C. The maximum absolute atomic E-state index is 3.57. The van der Waals surface area contributed by atoms with Crippen molar-refractivity contribution in [1.82, 2.24) is 5.32 Å². The average molecular weight is 189 g/mol. The van der Waals surface area contributed by atoms with E-state index in [4.69, 9.17) is 0 Å². The van der Waals surface area contributed by atoms with E-state index < -0.39 is 0 Å². The lowest BCUT2D eigenvalue weighted by atomic mass is 9.90. The van der Waals surface area contributed by atoms with Crippen molar-refractivity contribution in [3.8, 4) is 0 Å². The van der Waals surface area contributed by atoms with Crippen LogP contribution in [0.1, 0.15) is 43.5 Å². The quantitative estimate of drug-likeness (QED) is 0.716. The van der Waals surface area contributed by atoms with Gasteiger partial charge >= 0.3 is 0 Å². The molecule has 76 valence electrons. The summed E-state index contributed by atoms with van der Waals surface area (Å²) in [6, 6.07) is 8.05. The van der Waals surface area contributed by atoms with Gasteiger partial charge in [-0.25, -0.2) is 0 Å². The van der Waals surface area contributed by atoms with Crippen molar-refractivity contribution in [3.63, 3.8) is 0 Å². The highest BCUT2D eigenvalue weighted by Gasteiger charge is 2.19. The van der Waals surface area contributed by atoms with Crippen LogP contribution in [-0.2, 0) is 12.8 Å². The Bertz CT molecular complexity index is 330. The fourth-order valence-corrected chi connectivity index (χ4v) is 2.38. The Morgan fingerprint density at radius 3 is 2.86 bits per heavy atom. The van der Waals surface area contributed by atoms with Crippen molar-refractivity contribution in [2.45, 2.75) is 45.7 Å². The van der Waals surface area contributed by atoms with Gasteiger partial charge in [0.25, 0.3) is 0 Å². The Balaban J connectivity index is 2.39. The second-order valence-electron chi connectivity index (χ2n) is 4.38. The van der Waals surface area contributed by atoms with Crippen LogP contribution in [0.2, 0.25) is 0 Å². The van der Waals surface area contributed by atoms with Crippen molar-refractivity contribution in [2.75, 3.05) is 0 Å². The zero-order valence-corrected chi connectivity index (χ0v) is 9.30. The molecule has 0 aromatic heterocycles. The summed E-state index contributed by atoms with van der Waals surface area (Å²) in [6.45, 7) is 6.73. The van der Waals surface area contributed by atoms with Crippen LogP contribution in [0.5, 0.6) is 0 Å². The summed E-state index contributed by atoms with van der Waals surface area (Å²) < 4.78 is 0. The summed E-state index contributed by atoms with van der Waals surface area (Å²) in [6.07, 6.45) is 2.32. The van der Waals surface area contributed by atoms with Crippen molar-refractivity contribution < 1.29 is 0 Å². The largest absolute Gasteiger partial charge is 0.307 e. The highest BCUT2D eigenvalue weighted by atomic mass is 14.9. The minimum Gasteiger partial charge on any atom is -0.307 e. The maximum atomic E-state index is 3.57. The van der Waals surface area contributed by atoms with Gasteiger partial charge in [0.05, 0.1) is 0 Å². The summed E-state index contributed by atoms with van der Waals surface area (Å²) in [5.41, 5.74) is 4.49. The van der Waals surface area contributed by atoms with Crippen LogP contribution in [0, 0.1) is 0 Å². The van der Waals surface area contributed by atoms with Crippen molar-refractivity contribution in [1.29, 1.82) is 0 Å². The predicted octanol–water partition coefficient (Wildman–Crippen LogP) is 2.84. The summed E-state index contributed by atoms with van der Waals surface area (Å²) in [4.78, 5) is 0. The lowest BCUT2D eigenvalue weighted by Gasteiger charge is -2.29. The van der Waals surface area contributed by atoms with Gasteiger partial charge in [0.15, 0.2) is 0 Å². The number of benzene rings is 1. The first-order valence-electron chi connectivity index (χ1n) is 5.58. The molecule has 2 rings (SSSR count). The number of hydrogen-bond acceptors (Lipinski definition) is 1. The molecule has 14 heavy (non-hydrogen) atoms. The molecule has 0 saturated carbocycles.